The van der Waals surface area contributed by atoms with Gasteiger partial charge >= 0.3 is 32.1 Å². The van der Waals surface area contributed by atoms with Crippen LogP contribution in [0.4, 0.5) is 0 Å². The summed E-state index contributed by atoms with van der Waals surface area (Å²) in [4.78, 5) is 44.4. The minimum atomic E-state index is -3.24. The van der Waals surface area contributed by atoms with E-state index < -0.39 is 54.8 Å². The Balaban J connectivity index is 2.37. The van der Waals surface area contributed by atoms with Gasteiger partial charge in [-0.15, -0.1) is 0 Å². The van der Waals surface area contributed by atoms with E-state index in [0.717, 1.165) is 36.4 Å². The first-order chi connectivity index (χ1) is 13.1. The Morgan fingerprint density at radius 2 is 1.00 bits per heavy atom. The molecular formula is C16H10O11P+. The normalized spacial score (nSPS) is 10.0. The first kappa shape index (κ1) is 20.3. The summed E-state index contributed by atoms with van der Waals surface area (Å²) in [6.07, 6.45) is 0. The van der Waals surface area contributed by atoms with E-state index in [2.05, 4.69) is 0 Å². The van der Waals surface area contributed by atoms with E-state index in [1.165, 1.54) is 0 Å². The maximum Gasteiger partial charge on any atom is 0.805 e. The number of benzene rings is 2. The van der Waals surface area contributed by atoms with E-state index in [4.69, 9.17) is 29.5 Å². The molecule has 0 atom stereocenters. The minimum Gasteiger partial charge on any atom is -0.478 e. The van der Waals surface area contributed by atoms with Crippen LogP contribution < -0.4 is 9.05 Å². The van der Waals surface area contributed by atoms with Crippen LogP contribution in [-0.4, -0.2) is 44.3 Å². The van der Waals surface area contributed by atoms with Gasteiger partial charge in [-0.1, -0.05) is 0 Å². The molecule has 0 radical (unpaired) electrons. The Morgan fingerprint density at radius 1 is 0.643 bits per heavy atom. The fraction of sp³-hybridized carbons (Fsp3) is 0. The first-order valence-electron chi connectivity index (χ1n) is 7.14. The van der Waals surface area contributed by atoms with Crippen molar-refractivity contribution in [2.45, 2.75) is 0 Å². The van der Waals surface area contributed by atoms with Gasteiger partial charge in [-0.2, -0.15) is 0 Å². The molecule has 0 aliphatic carbocycles. The molecule has 0 saturated carbocycles. The van der Waals surface area contributed by atoms with Crippen LogP contribution in [0.1, 0.15) is 41.4 Å². The molecule has 0 spiro atoms. The first-order valence-corrected chi connectivity index (χ1v) is 8.24. The predicted octanol–water partition coefficient (Wildman–Crippen LogP) is 2.59. The maximum absolute atomic E-state index is 12.1. The van der Waals surface area contributed by atoms with E-state index >= 15 is 0 Å². The number of carbonyl (C=O) groups is 4. The summed E-state index contributed by atoms with van der Waals surface area (Å²) in [5.74, 6) is -7.01. The Morgan fingerprint density at radius 3 is 1.29 bits per heavy atom. The highest BCUT2D eigenvalue weighted by atomic mass is 31.1. The summed E-state index contributed by atoms with van der Waals surface area (Å²) in [7, 11) is -3.24. The summed E-state index contributed by atoms with van der Waals surface area (Å²) < 4.78 is 21.8. The molecule has 0 unspecified atom stereocenters. The predicted molar refractivity (Wildman–Crippen MR) is 89.6 cm³/mol. The van der Waals surface area contributed by atoms with Crippen LogP contribution in [0, 0.1) is 0 Å². The van der Waals surface area contributed by atoms with Gasteiger partial charge in [-0.05, 0) is 24.3 Å². The van der Waals surface area contributed by atoms with Crippen molar-refractivity contribution in [3.8, 4) is 11.5 Å². The van der Waals surface area contributed by atoms with E-state index in [1.54, 1.807) is 0 Å². The van der Waals surface area contributed by atoms with Crippen LogP contribution in [0.5, 0.6) is 11.5 Å². The molecule has 0 aliphatic heterocycles. The summed E-state index contributed by atoms with van der Waals surface area (Å²) in [5, 5.41) is 36.1. The van der Waals surface area contributed by atoms with Crippen LogP contribution in [0.15, 0.2) is 36.4 Å². The molecule has 0 aromatic heterocycles. The van der Waals surface area contributed by atoms with Gasteiger partial charge in [0.05, 0.1) is 11.1 Å². The molecule has 2 rings (SSSR count). The van der Waals surface area contributed by atoms with Crippen molar-refractivity contribution in [2.75, 3.05) is 0 Å². The average Bonchev–Trinajstić information content (AvgIpc) is 2.60. The summed E-state index contributed by atoms with van der Waals surface area (Å²) in [5.41, 5.74) is -1.76. The van der Waals surface area contributed by atoms with Gasteiger partial charge in [0.25, 0.3) is 0 Å². The smallest absolute Gasteiger partial charge is 0.478 e. The molecule has 28 heavy (non-hydrogen) atoms. The number of carboxylic acids is 4. The van der Waals surface area contributed by atoms with Crippen molar-refractivity contribution >= 4 is 32.1 Å². The third-order valence-corrected chi connectivity index (χ3v) is 3.96. The zero-order chi connectivity index (χ0) is 21.0. The molecule has 0 bridgehead atoms. The Kier molecular flexibility index (Phi) is 5.91. The summed E-state index contributed by atoms with van der Waals surface area (Å²) in [6, 6.07) is 5.41. The average molecular weight is 409 g/mol. The fourth-order valence-corrected chi connectivity index (χ4v) is 2.65. The SMILES string of the molecule is O=C(O)c1ccc(C(=O)O)c(O[P+](=O)Oc2cc(C(=O)O)ccc2C(=O)O)c1. The maximum atomic E-state index is 12.1. The van der Waals surface area contributed by atoms with Gasteiger partial charge < -0.3 is 20.4 Å². The van der Waals surface area contributed by atoms with E-state index in [-0.39, 0.29) is 11.1 Å². The quantitative estimate of drug-likeness (QED) is 0.470. The zero-order valence-corrected chi connectivity index (χ0v) is 14.5. The molecule has 144 valence electrons. The number of hydrogen-bond donors (Lipinski definition) is 4. The molecule has 4 N–H and O–H groups in total. The standard InChI is InChI=1S/C16H9O11P/c17-13(18)7-1-3-9(15(21)22)11(5-7)26-28(25)27-12-6-8(14(19)20)2-4-10(12)16(23)24/h1-6H,(H3-,17,18,19,20,21,22,23,24)/p+1. The van der Waals surface area contributed by atoms with Gasteiger partial charge in [0, 0.05) is 16.7 Å². The number of aromatic carboxylic acids is 4. The lowest BCUT2D eigenvalue weighted by molar-refractivity contribution is 0.0678. The lowest BCUT2D eigenvalue weighted by Gasteiger charge is -2.03. The third kappa shape index (κ3) is 4.59. The molecule has 11 nitrogen and oxygen atoms in total. The highest BCUT2D eigenvalue weighted by Gasteiger charge is 2.31. The molecule has 0 fully saturated rings. The van der Waals surface area contributed by atoms with Gasteiger partial charge in [0.15, 0.2) is 0 Å². The second-order valence-corrected chi connectivity index (χ2v) is 5.86. The van der Waals surface area contributed by atoms with Crippen molar-refractivity contribution in [2.24, 2.45) is 0 Å². The highest BCUT2D eigenvalue weighted by molar-refractivity contribution is 7.34. The van der Waals surface area contributed by atoms with Gasteiger partial charge in [0.1, 0.15) is 11.1 Å². The van der Waals surface area contributed by atoms with Crippen molar-refractivity contribution in [1.82, 2.24) is 0 Å². The Labute approximate surface area is 156 Å². The van der Waals surface area contributed by atoms with E-state index in [9.17, 15) is 23.7 Å². The molecule has 0 aliphatic rings. The van der Waals surface area contributed by atoms with Crippen LogP contribution >= 0.6 is 8.25 Å². The Bertz CT molecular complexity index is 932. The van der Waals surface area contributed by atoms with Gasteiger partial charge in [-0.25, -0.2) is 28.2 Å². The molecule has 12 heteroatoms. The monoisotopic (exact) mass is 409 g/mol. The molecule has 2 aromatic carbocycles. The highest BCUT2D eigenvalue weighted by Crippen LogP contribution is 2.35. The van der Waals surface area contributed by atoms with Crippen LogP contribution in [-0.2, 0) is 4.57 Å². The van der Waals surface area contributed by atoms with E-state index in [0.29, 0.717) is 0 Å². The number of rotatable bonds is 8. The third-order valence-electron chi connectivity index (χ3n) is 3.26. The largest absolute Gasteiger partial charge is 0.805 e. The number of carboxylic acid groups (broad SMARTS) is 4. The lowest BCUT2D eigenvalue weighted by Crippen LogP contribution is -2.06. The zero-order valence-electron chi connectivity index (χ0n) is 13.6. The van der Waals surface area contributed by atoms with Crippen LogP contribution in [0.25, 0.3) is 0 Å². The van der Waals surface area contributed by atoms with Crippen molar-refractivity contribution in [3.63, 3.8) is 0 Å². The van der Waals surface area contributed by atoms with Crippen molar-refractivity contribution < 1.29 is 53.2 Å². The molecular weight excluding hydrogens is 399 g/mol. The van der Waals surface area contributed by atoms with Crippen LogP contribution in [0.2, 0.25) is 0 Å². The second kappa shape index (κ2) is 8.14. The number of hydrogen-bond acceptors (Lipinski definition) is 7. The van der Waals surface area contributed by atoms with Crippen LogP contribution in [0.3, 0.4) is 0 Å². The summed E-state index contributed by atoms with van der Waals surface area (Å²) >= 11 is 0. The van der Waals surface area contributed by atoms with Gasteiger partial charge in [-0.3, -0.25) is 0 Å². The molecule has 2 aromatic rings. The van der Waals surface area contributed by atoms with Crippen molar-refractivity contribution in [3.05, 3.63) is 58.7 Å². The van der Waals surface area contributed by atoms with Crippen molar-refractivity contribution in [1.29, 1.82) is 0 Å². The molecule has 0 amide bonds. The second-order valence-electron chi connectivity index (χ2n) is 5.05. The minimum absolute atomic E-state index is 0.359. The molecule has 0 saturated heterocycles. The Hall–Kier alpha value is -3.98. The summed E-state index contributed by atoms with van der Waals surface area (Å²) in [6.45, 7) is 0. The fourth-order valence-electron chi connectivity index (χ4n) is 1.99. The van der Waals surface area contributed by atoms with Gasteiger partial charge in [0.2, 0.25) is 11.5 Å². The molecule has 0 heterocycles. The topological polar surface area (TPSA) is 185 Å². The lowest BCUT2D eigenvalue weighted by atomic mass is 10.1. The van der Waals surface area contributed by atoms with E-state index in [1.807, 2.05) is 0 Å².